The minimum atomic E-state index is -0.211. The van der Waals surface area contributed by atoms with Gasteiger partial charge in [-0.05, 0) is 25.0 Å². The van der Waals surface area contributed by atoms with E-state index in [-0.39, 0.29) is 17.7 Å². The number of benzene rings is 2. The zero-order valence-corrected chi connectivity index (χ0v) is 17.7. The van der Waals surface area contributed by atoms with Crippen molar-refractivity contribution in [2.45, 2.75) is 12.8 Å². The molecule has 29 heavy (non-hydrogen) atoms. The summed E-state index contributed by atoms with van der Waals surface area (Å²) in [5.74, 6) is 0.450. The third kappa shape index (κ3) is 4.77. The van der Waals surface area contributed by atoms with E-state index in [1.807, 2.05) is 0 Å². The van der Waals surface area contributed by atoms with Crippen molar-refractivity contribution in [2.24, 2.45) is 5.92 Å². The summed E-state index contributed by atoms with van der Waals surface area (Å²) in [5.41, 5.74) is 0.975. The average Bonchev–Trinajstić information content (AvgIpc) is 2.74. The van der Waals surface area contributed by atoms with Crippen LogP contribution in [0.2, 0.25) is 10.0 Å². The summed E-state index contributed by atoms with van der Waals surface area (Å²) in [6, 6.07) is 10.2. The molecule has 2 amide bonds. The summed E-state index contributed by atoms with van der Waals surface area (Å²) in [5, 5.41) is 3.72. The molecule has 0 aromatic heterocycles. The van der Waals surface area contributed by atoms with Crippen LogP contribution in [-0.4, -0.2) is 44.0 Å². The van der Waals surface area contributed by atoms with E-state index < -0.39 is 0 Å². The van der Waals surface area contributed by atoms with Crippen molar-refractivity contribution in [3.63, 3.8) is 0 Å². The number of halogens is 2. The van der Waals surface area contributed by atoms with Crippen molar-refractivity contribution >= 4 is 40.7 Å². The molecule has 1 fully saturated rings. The lowest BCUT2D eigenvalue weighted by atomic mass is 9.95. The fourth-order valence-electron chi connectivity index (χ4n) is 3.34. The summed E-state index contributed by atoms with van der Waals surface area (Å²) in [6.07, 6.45) is 1.13. The number of hydrogen-bond donors (Lipinski definition) is 1. The maximum Gasteiger partial charge on any atom is 0.255 e. The summed E-state index contributed by atoms with van der Waals surface area (Å²) in [7, 11) is 3.01. The van der Waals surface area contributed by atoms with Crippen LogP contribution in [0.3, 0.4) is 0 Å². The Balaban J connectivity index is 1.64. The average molecular weight is 437 g/mol. The molecule has 6 nitrogen and oxygen atoms in total. The highest BCUT2D eigenvalue weighted by Gasteiger charge is 2.29. The van der Waals surface area contributed by atoms with Gasteiger partial charge in [0.2, 0.25) is 5.91 Å². The molecule has 8 heteroatoms. The van der Waals surface area contributed by atoms with Crippen LogP contribution in [0.1, 0.15) is 23.2 Å². The Morgan fingerprint density at radius 3 is 2.28 bits per heavy atom. The topological polar surface area (TPSA) is 67.9 Å². The van der Waals surface area contributed by atoms with Crippen LogP contribution >= 0.6 is 23.2 Å². The van der Waals surface area contributed by atoms with Gasteiger partial charge < -0.3 is 19.7 Å². The SMILES string of the molecule is COc1cc(NC(=O)C2CCN(C(=O)c3ccccc3Cl)CC2)c(OC)cc1Cl. The van der Waals surface area contributed by atoms with Gasteiger partial charge in [0.25, 0.3) is 5.91 Å². The van der Waals surface area contributed by atoms with E-state index >= 15 is 0 Å². The number of piperidine rings is 1. The number of likely N-dealkylation sites (tertiary alicyclic amines) is 1. The van der Waals surface area contributed by atoms with Gasteiger partial charge in [0, 0.05) is 31.1 Å². The molecule has 3 rings (SSSR count). The molecular formula is C21H22Cl2N2O4. The standard InChI is InChI=1S/C21H22Cl2N2O4/c1-28-18-12-17(19(29-2)11-16(18)23)24-20(26)13-7-9-25(10-8-13)21(27)14-5-3-4-6-15(14)22/h3-6,11-13H,7-10H2,1-2H3,(H,24,26). The van der Waals surface area contributed by atoms with Gasteiger partial charge in [0.05, 0.1) is 35.5 Å². The summed E-state index contributed by atoms with van der Waals surface area (Å²) >= 11 is 12.2. The van der Waals surface area contributed by atoms with Crippen molar-refractivity contribution in [1.29, 1.82) is 0 Å². The molecule has 0 atom stereocenters. The number of amides is 2. The Kier molecular flexibility index (Phi) is 6.87. The molecule has 0 spiro atoms. The van der Waals surface area contributed by atoms with Crippen molar-refractivity contribution in [1.82, 2.24) is 4.90 Å². The molecule has 1 aliphatic rings. The number of nitrogens with one attached hydrogen (secondary N) is 1. The van der Waals surface area contributed by atoms with E-state index in [4.69, 9.17) is 32.7 Å². The van der Waals surface area contributed by atoms with Gasteiger partial charge in [0.1, 0.15) is 11.5 Å². The third-order valence-electron chi connectivity index (χ3n) is 4.99. The van der Waals surface area contributed by atoms with Crippen LogP contribution in [0, 0.1) is 5.92 Å². The zero-order valence-electron chi connectivity index (χ0n) is 16.2. The highest BCUT2D eigenvalue weighted by Crippen LogP contribution is 2.36. The smallest absolute Gasteiger partial charge is 0.255 e. The molecule has 1 saturated heterocycles. The molecular weight excluding hydrogens is 415 g/mol. The van der Waals surface area contributed by atoms with Crippen molar-refractivity contribution in [3.8, 4) is 11.5 Å². The number of methoxy groups -OCH3 is 2. The first-order chi connectivity index (χ1) is 13.9. The Morgan fingerprint density at radius 2 is 1.66 bits per heavy atom. The predicted molar refractivity (Wildman–Crippen MR) is 113 cm³/mol. The molecule has 0 bridgehead atoms. The van der Waals surface area contributed by atoms with Crippen LogP contribution in [0.25, 0.3) is 0 Å². The molecule has 1 N–H and O–H groups in total. The van der Waals surface area contributed by atoms with Crippen LogP contribution in [0.4, 0.5) is 5.69 Å². The van der Waals surface area contributed by atoms with Crippen LogP contribution in [-0.2, 0) is 4.79 Å². The van der Waals surface area contributed by atoms with Crippen LogP contribution in [0.15, 0.2) is 36.4 Å². The zero-order chi connectivity index (χ0) is 21.0. The molecule has 154 valence electrons. The minimum absolute atomic E-state index is 0.112. The minimum Gasteiger partial charge on any atom is -0.495 e. The molecule has 0 aliphatic carbocycles. The lowest BCUT2D eigenvalue weighted by Gasteiger charge is -2.31. The number of ether oxygens (including phenoxy) is 2. The van der Waals surface area contributed by atoms with Crippen LogP contribution < -0.4 is 14.8 Å². The van der Waals surface area contributed by atoms with E-state index in [2.05, 4.69) is 5.32 Å². The molecule has 2 aromatic carbocycles. The number of rotatable bonds is 5. The van der Waals surface area contributed by atoms with Crippen molar-refractivity contribution in [3.05, 3.63) is 52.0 Å². The Bertz CT molecular complexity index is 912. The molecule has 0 radical (unpaired) electrons. The van der Waals surface area contributed by atoms with Gasteiger partial charge in [-0.15, -0.1) is 0 Å². The normalized spacial score (nSPS) is 14.4. The maximum absolute atomic E-state index is 12.8. The number of hydrogen-bond acceptors (Lipinski definition) is 4. The largest absolute Gasteiger partial charge is 0.495 e. The summed E-state index contributed by atoms with van der Waals surface area (Å²) in [4.78, 5) is 27.2. The van der Waals surface area contributed by atoms with Gasteiger partial charge in [-0.25, -0.2) is 0 Å². The second-order valence-corrected chi connectivity index (χ2v) is 7.54. The second kappa shape index (κ2) is 9.37. The quantitative estimate of drug-likeness (QED) is 0.748. The van der Waals surface area contributed by atoms with E-state index in [0.29, 0.717) is 58.7 Å². The molecule has 1 aliphatic heterocycles. The van der Waals surface area contributed by atoms with E-state index in [0.717, 1.165) is 0 Å². The van der Waals surface area contributed by atoms with E-state index in [1.54, 1.807) is 41.3 Å². The highest BCUT2D eigenvalue weighted by atomic mass is 35.5. The lowest BCUT2D eigenvalue weighted by molar-refractivity contribution is -0.121. The van der Waals surface area contributed by atoms with Crippen molar-refractivity contribution < 1.29 is 19.1 Å². The molecule has 0 saturated carbocycles. The van der Waals surface area contributed by atoms with Gasteiger partial charge in [-0.3, -0.25) is 9.59 Å². The van der Waals surface area contributed by atoms with Gasteiger partial charge in [0.15, 0.2) is 0 Å². The number of nitrogens with zero attached hydrogens (tertiary/aromatic N) is 1. The number of carbonyl (C=O) groups excluding carboxylic acids is 2. The predicted octanol–water partition coefficient (Wildman–Crippen LogP) is 4.50. The number of anilines is 1. The molecule has 2 aromatic rings. The van der Waals surface area contributed by atoms with Gasteiger partial charge in [-0.1, -0.05) is 35.3 Å². The van der Waals surface area contributed by atoms with Crippen LogP contribution in [0.5, 0.6) is 11.5 Å². The Morgan fingerprint density at radius 1 is 1.00 bits per heavy atom. The lowest BCUT2D eigenvalue weighted by Crippen LogP contribution is -2.41. The first-order valence-electron chi connectivity index (χ1n) is 9.20. The summed E-state index contributed by atoms with van der Waals surface area (Å²) < 4.78 is 10.5. The highest BCUT2D eigenvalue weighted by molar-refractivity contribution is 6.33. The Hall–Kier alpha value is -2.44. The van der Waals surface area contributed by atoms with E-state index in [1.165, 1.54) is 14.2 Å². The van der Waals surface area contributed by atoms with Gasteiger partial charge in [-0.2, -0.15) is 0 Å². The first kappa shape index (κ1) is 21.3. The monoisotopic (exact) mass is 436 g/mol. The summed E-state index contributed by atoms with van der Waals surface area (Å²) in [6.45, 7) is 0.979. The first-order valence-corrected chi connectivity index (χ1v) is 9.96. The second-order valence-electron chi connectivity index (χ2n) is 6.72. The van der Waals surface area contributed by atoms with Crippen molar-refractivity contribution in [2.75, 3.05) is 32.6 Å². The van der Waals surface area contributed by atoms with E-state index in [9.17, 15) is 9.59 Å². The molecule has 1 heterocycles. The Labute approximate surface area is 179 Å². The third-order valence-corrected chi connectivity index (χ3v) is 5.61. The number of carbonyl (C=O) groups is 2. The molecule has 0 unspecified atom stereocenters. The van der Waals surface area contributed by atoms with Gasteiger partial charge >= 0.3 is 0 Å². The fourth-order valence-corrected chi connectivity index (χ4v) is 3.79. The maximum atomic E-state index is 12.8. The fraction of sp³-hybridized carbons (Fsp3) is 0.333.